The quantitative estimate of drug-likeness (QED) is 0.732. The number of rotatable bonds is 4. The number of hydrogen-bond acceptors (Lipinski definition) is 4. The Balaban J connectivity index is 1.29. The number of halogens is 1. The summed E-state index contributed by atoms with van der Waals surface area (Å²) in [5.74, 6) is 0.205. The first-order valence-corrected chi connectivity index (χ1v) is 10.9. The van der Waals surface area contributed by atoms with Crippen molar-refractivity contribution in [2.45, 2.75) is 19.0 Å². The second-order valence-electron chi connectivity index (χ2n) is 7.88. The molecule has 30 heavy (non-hydrogen) atoms. The summed E-state index contributed by atoms with van der Waals surface area (Å²) < 4.78 is 0. The molecular weight excluding hydrogens is 400 g/mol. The third kappa shape index (κ3) is 5.01. The van der Waals surface area contributed by atoms with E-state index in [0.717, 1.165) is 43.7 Å². The maximum atomic E-state index is 12.9. The molecule has 2 fully saturated rings. The van der Waals surface area contributed by atoms with E-state index in [1.54, 1.807) is 12.1 Å². The van der Waals surface area contributed by atoms with E-state index in [-0.39, 0.29) is 23.9 Å². The second kappa shape index (κ2) is 9.60. The van der Waals surface area contributed by atoms with Gasteiger partial charge in [-0.3, -0.25) is 9.69 Å². The summed E-state index contributed by atoms with van der Waals surface area (Å²) in [6.07, 6.45) is 1.80. The van der Waals surface area contributed by atoms with Gasteiger partial charge in [0, 0.05) is 48.4 Å². The van der Waals surface area contributed by atoms with E-state index in [9.17, 15) is 9.59 Å². The fourth-order valence-corrected chi connectivity index (χ4v) is 4.35. The molecule has 2 aliphatic rings. The van der Waals surface area contributed by atoms with Crippen molar-refractivity contribution >= 4 is 29.1 Å². The molecule has 0 aromatic heterocycles. The third-order valence-corrected chi connectivity index (χ3v) is 6.20. The van der Waals surface area contributed by atoms with Gasteiger partial charge in [-0.05, 0) is 55.8 Å². The number of hydrogen-bond donors (Lipinski definition) is 2. The molecule has 7 heteroatoms. The van der Waals surface area contributed by atoms with Crippen molar-refractivity contribution in [2.75, 3.05) is 38.0 Å². The monoisotopic (exact) mass is 426 g/mol. The minimum Gasteiger partial charge on any atom is -0.322 e. The summed E-state index contributed by atoms with van der Waals surface area (Å²) >= 11 is 5.95. The van der Waals surface area contributed by atoms with E-state index in [0.29, 0.717) is 18.1 Å². The molecule has 2 heterocycles. The minimum atomic E-state index is -0.0618. The molecule has 0 aliphatic carbocycles. The molecule has 0 spiro atoms. The lowest BCUT2D eigenvalue weighted by atomic mass is 9.87. The SMILES string of the molecule is O=C(c1ccc(Cl)cc1)C1CCNC(N2CCN(C(=O)Nc3ccccc3)CC2)C1. The number of para-hydroxylation sites is 1. The van der Waals surface area contributed by atoms with E-state index in [4.69, 9.17) is 11.6 Å². The number of nitrogens with one attached hydrogen (secondary N) is 2. The Morgan fingerprint density at radius 3 is 2.37 bits per heavy atom. The van der Waals surface area contributed by atoms with Crippen molar-refractivity contribution in [3.8, 4) is 0 Å². The van der Waals surface area contributed by atoms with Gasteiger partial charge < -0.3 is 15.5 Å². The molecule has 2 saturated heterocycles. The van der Waals surface area contributed by atoms with Crippen LogP contribution in [0.25, 0.3) is 0 Å². The molecule has 2 aliphatic heterocycles. The number of urea groups is 1. The highest BCUT2D eigenvalue weighted by Gasteiger charge is 2.33. The molecule has 0 radical (unpaired) electrons. The van der Waals surface area contributed by atoms with Crippen molar-refractivity contribution in [3.05, 3.63) is 65.2 Å². The average Bonchev–Trinajstić information content (AvgIpc) is 2.80. The highest BCUT2D eigenvalue weighted by molar-refractivity contribution is 6.30. The van der Waals surface area contributed by atoms with Gasteiger partial charge in [-0.15, -0.1) is 0 Å². The fraction of sp³-hybridized carbons (Fsp3) is 0.391. The normalized spacial score (nSPS) is 22.5. The lowest BCUT2D eigenvalue weighted by molar-refractivity contribution is 0.0599. The topological polar surface area (TPSA) is 64.7 Å². The standard InChI is InChI=1S/C23H27ClN4O2/c24-19-8-6-17(7-9-19)22(29)18-10-11-25-21(16-18)27-12-14-28(15-13-27)23(30)26-20-4-2-1-3-5-20/h1-9,18,21,25H,10-16H2,(H,26,30). The first kappa shape index (κ1) is 20.8. The summed E-state index contributed by atoms with van der Waals surface area (Å²) in [7, 11) is 0. The predicted molar refractivity (Wildman–Crippen MR) is 119 cm³/mol. The van der Waals surface area contributed by atoms with Gasteiger partial charge in [0.1, 0.15) is 0 Å². The number of nitrogens with zero attached hydrogens (tertiary/aromatic N) is 2. The van der Waals surface area contributed by atoms with Gasteiger partial charge in [-0.1, -0.05) is 29.8 Å². The van der Waals surface area contributed by atoms with Gasteiger partial charge in [-0.2, -0.15) is 0 Å². The number of piperidine rings is 1. The number of carbonyl (C=O) groups is 2. The van der Waals surface area contributed by atoms with Crippen LogP contribution in [-0.2, 0) is 0 Å². The van der Waals surface area contributed by atoms with Crippen LogP contribution < -0.4 is 10.6 Å². The lowest BCUT2D eigenvalue weighted by Gasteiger charge is -2.42. The molecule has 2 aromatic carbocycles. The molecule has 2 unspecified atom stereocenters. The summed E-state index contributed by atoms with van der Waals surface area (Å²) in [5.41, 5.74) is 1.54. The molecular formula is C23H27ClN4O2. The van der Waals surface area contributed by atoms with Crippen molar-refractivity contribution in [2.24, 2.45) is 5.92 Å². The van der Waals surface area contributed by atoms with E-state index >= 15 is 0 Å². The van der Waals surface area contributed by atoms with Crippen LogP contribution in [0.15, 0.2) is 54.6 Å². The van der Waals surface area contributed by atoms with E-state index in [1.807, 2.05) is 47.4 Å². The van der Waals surface area contributed by atoms with Crippen molar-refractivity contribution < 1.29 is 9.59 Å². The Bertz CT molecular complexity index is 867. The number of ketones is 1. The molecule has 4 rings (SSSR count). The van der Waals surface area contributed by atoms with Crippen LogP contribution in [0.4, 0.5) is 10.5 Å². The first-order chi connectivity index (χ1) is 14.6. The van der Waals surface area contributed by atoms with Gasteiger partial charge in [0.2, 0.25) is 0 Å². The first-order valence-electron chi connectivity index (χ1n) is 10.5. The van der Waals surface area contributed by atoms with E-state index in [1.165, 1.54) is 0 Å². The zero-order chi connectivity index (χ0) is 20.9. The number of amides is 2. The average molecular weight is 427 g/mol. The maximum absolute atomic E-state index is 12.9. The molecule has 2 atom stereocenters. The minimum absolute atomic E-state index is 0.0110. The largest absolute Gasteiger partial charge is 0.322 e. The van der Waals surface area contributed by atoms with Crippen molar-refractivity contribution in [3.63, 3.8) is 0 Å². The Morgan fingerprint density at radius 2 is 1.67 bits per heavy atom. The summed E-state index contributed by atoms with van der Waals surface area (Å²) in [6.45, 7) is 3.76. The molecule has 0 saturated carbocycles. The highest BCUT2D eigenvalue weighted by atomic mass is 35.5. The summed E-state index contributed by atoms with van der Waals surface area (Å²) in [5, 5.41) is 7.14. The molecule has 158 valence electrons. The fourth-order valence-electron chi connectivity index (χ4n) is 4.22. The van der Waals surface area contributed by atoms with Crippen LogP contribution in [-0.4, -0.2) is 60.5 Å². The predicted octanol–water partition coefficient (Wildman–Crippen LogP) is 3.70. The molecule has 2 amide bonds. The van der Waals surface area contributed by atoms with Crippen molar-refractivity contribution in [1.29, 1.82) is 0 Å². The highest BCUT2D eigenvalue weighted by Crippen LogP contribution is 2.24. The van der Waals surface area contributed by atoms with Crippen LogP contribution in [0.3, 0.4) is 0 Å². The number of Topliss-reactive ketones (excluding diaryl/α,β-unsaturated/α-hetero) is 1. The van der Waals surface area contributed by atoms with Crippen molar-refractivity contribution in [1.82, 2.24) is 15.1 Å². The zero-order valence-corrected chi connectivity index (χ0v) is 17.6. The molecule has 2 aromatic rings. The van der Waals surface area contributed by atoms with Crippen LogP contribution in [0, 0.1) is 5.92 Å². The summed E-state index contributed by atoms with van der Waals surface area (Å²) in [4.78, 5) is 29.6. The van der Waals surface area contributed by atoms with Gasteiger partial charge in [0.05, 0.1) is 6.17 Å². The van der Waals surface area contributed by atoms with Gasteiger partial charge in [-0.25, -0.2) is 4.79 Å². The number of piperazine rings is 1. The number of anilines is 1. The molecule has 2 N–H and O–H groups in total. The van der Waals surface area contributed by atoms with E-state index in [2.05, 4.69) is 15.5 Å². The maximum Gasteiger partial charge on any atom is 0.321 e. The van der Waals surface area contributed by atoms with Gasteiger partial charge in [0.15, 0.2) is 5.78 Å². The third-order valence-electron chi connectivity index (χ3n) is 5.95. The molecule has 0 bridgehead atoms. The van der Waals surface area contributed by atoms with Gasteiger partial charge >= 0.3 is 6.03 Å². The van der Waals surface area contributed by atoms with Crippen LogP contribution >= 0.6 is 11.6 Å². The number of carbonyl (C=O) groups excluding carboxylic acids is 2. The Hall–Kier alpha value is -2.41. The Morgan fingerprint density at radius 1 is 0.967 bits per heavy atom. The smallest absolute Gasteiger partial charge is 0.321 e. The molecule has 6 nitrogen and oxygen atoms in total. The zero-order valence-electron chi connectivity index (χ0n) is 16.9. The number of benzene rings is 2. The van der Waals surface area contributed by atoms with Gasteiger partial charge in [0.25, 0.3) is 0 Å². The Kier molecular flexibility index (Phi) is 6.67. The second-order valence-corrected chi connectivity index (χ2v) is 8.32. The van der Waals surface area contributed by atoms with Crippen LogP contribution in [0.1, 0.15) is 23.2 Å². The van der Waals surface area contributed by atoms with E-state index < -0.39 is 0 Å². The van der Waals surface area contributed by atoms with Crippen LogP contribution in [0.2, 0.25) is 5.02 Å². The van der Waals surface area contributed by atoms with Crippen LogP contribution in [0.5, 0.6) is 0 Å². The summed E-state index contributed by atoms with van der Waals surface area (Å²) in [6, 6.07) is 16.6. The lowest BCUT2D eigenvalue weighted by Crippen LogP contribution is -2.58. The Labute approximate surface area is 182 Å².